The Balaban J connectivity index is 2.58. The van der Waals surface area contributed by atoms with Crippen LogP contribution in [0.15, 0.2) is 42.5 Å². The second kappa shape index (κ2) is 8.30. The van der Waals surface area contributed by atoms with Gasteiger partial charge in [-0.05, 0) is 24.2 Å². The average Bonchev–Trinajstić information content (AvgIpc) is 2.65. The van der Waals surface area contributed by atoms with E-state index < -0.39 is 0 Å². The van der Waals surface area contributed by atoms with Crippen LogP contribution in [0.4, 0.5) is 0 Å². The molecule has 0 aromatic heterocycles. The molecule has 3 nitrogen and oxygen atoms in total. The van der Waals surface area contributed by atoms with Crippen LogP contribution in [0, 0.1) is 0 Å². The molecule has 2 aromatic carbocycles. The molecule has 4 heteroatoms. The lowest BCUT2D eigenvalue weighted by Gasteiger charge is -2.34. The lowest BCUT2D eigenvalue weighted by atomic mass is 9.91. The molecule has 0 radical (unpaired) electrons. The topological polar surface area (TPSA) is 35.5 Å². The third kappa shape index (κ3) is 3.47. The molecule has 128 valence electrons. The van der Waals surface area contributed by atoms with Gasteiger partial charge in [-0.1, -0.05) is 58.8 Å². The highest BCUT2D eigenvalue weighted by Crippen LogP contribution is 2.52. The molecule has 0 N–H and O–H groups in total. The Morgan fingerprint density at radius 3 is 2.29 bits per heavy atom. The van der Waals surface area contributed by atoms with Crippen molar-refractivity contribution in [2.45, 2.75) is 31.8 Å². The fourth-order valence-corrected chi connectivity index (χ4v) is 4.78. The molecular formula is C20H25O3P. The molecule has 0 saturated carbocycles. The minimum absolute atomic E-state index is 0.0843. The van der Waals surface area contributed by atoms with Crippen LogP contribution in [0.1, 0.15) is 42.6 Å². The number of para-hydroxylation sites is 1. The summed E-state index contributed by atoms with van der Waals surface area (Å²) in [5, 5.41) is 1.01. The molecule has 1 unspecified atom stereocenters. The summed E-state index contributed by atoms with van der Waals surface area (Å²) in [6, 6.07) is 13.9. The number of ether oxygens (including phenoxy) is 2. The van der Waals surface area contributed by atoms with Crippen LogP contribution in [-0.2, 0) is 5.16 Å². The fraction of sp³-hybridized carbons (Fsp3) is 0.350. The van der Waals surface area contributed by atoms with E-state index in [1.807, 2.05) is 30.3 Å². The molecule has 2 rings (SSSR count). The van der Waals surface area contributed by atoms with Gasteiger partial charge in [0.2, 0.25) is 0 Å². The van der Waals surface area contributed by atoms with Gasteiger partial charge in [-0.15, -0.1) is 0 Å². The summed E-state index contributed by atoms with van der Waals surface area (Å²) in [6.45, 7) is 4.39. The van der Waals surface area contributed by atoms with Gasteiger partial charge in [-0.25, -0.2) is 0 Å². The van der Waals surface area contributed by atoms with Crippen molar-refractivity contribution in [1.82, 2.24) is 0 Å². The Hall–Kier alpha value is -1.86. The zero-order valence-electron chi connectivity index (χ0n) is 14.8. The maximum absolute atomic E-state index is 11.4. The van der Waals surface area contributed by atoms with E-state index in [2.05, 4.69) is 26.0 Å². The van der Waals surface area contributed by atoms with Gasteiger partial charge in [-0.2, -0.15) is 0 Å². The zero-order chi connectivity index (χ0) is 17.6. The van der Waals surface area contributed by atoms with Crippen molar-refractivity contribution < 1.29 is 14.3 Å². The third-order valence-corrected chi connectivity index (χ3v) is 6.77. The molecule has 0 heterocycles. The van der Waals surface area contributed by atoms with Gasteiger partial charge in [0, 0.05) is 16.3 Å². The summed E-state index contributed by atoms with van der Waals surface area (Å²) in [5.74, 6) is 1.54. The molecule has 24 heavy (non-hydrogen) atoms. The van der Waals surface area contributed by atoms with Crippen molar-refractivity contribution in [2.75, 3.05) is 14.2 Å². The van der Waals surface area contributed by atoms with Gasteiger partial charge in [0.1, 0.15) is 0 Å². The smallest absolute Gasteiger partial charge is 0.164 e. The molecule has 0 spiro atoms. The van der Waals surface area contributed by atoms with Crippen LogP contribution >= 0.6 is 8.58 Å². The van der Waals surface area contributed by atoms with Gasteiger partial charge in [-0.3, -0.25) is 4.79 Å². The third-order valence-electron chi connectivity index (χ3n) is 4.59. The van der Waals surface area contributed by atoms with Gasteiger partial charge < -0.3 is 9.47 Å². The van der Waals surface area contributed by atoms with Crippen LogP contribution in [-0.4, -0.2) is 20.5 Å². The second-order valence-electron chi connectivity index (χ2n) is 5.66. The van der Waals surface area contributed by atoms with Crippen LogP contribution in [0.25, 0.3) is 0 Å². The molecule has 0 aliphatic carbocycles. The maximum Gasteiger partial charge on any atom is 0.164 e. The number of hydrogen-bond donors (Lipinski definition) is 0. The van der Waals surface area contributed by atoms with Crippen molar-refractivity contribution in [3.05, 3.63) is 53.6 Å². The molecular weight excluding hydrogens is 319 g/mol. The molecule has 2 aromatic rings. The van der Waals surface area contributed by atoms with E-state index >= 15 is 0 Å². The highest BCUT2D eigenvalue weighted by atomic mass is 31.1. The fourth-order valence-electron chi connectivity index (χ4n) is 3.11. The Labute approximate surface area is 146 Å². The Bertz CT molecular complexity index is 693. The number of hydrogen-bond acceptors (Lipinski definition) is 3. The van der Waals surface area contributed by atoms with Crippen molar-refractivity contribution in [2.24, 2.45) is 0 Å². The van der Waals surface area contributed by atoms with Crippen LogP contribution in [0.2, 0.25) is 0 Å². The molecule has 0 saturated heterocycles. The molecule has 0 aliphatic rings. The number of rotatable bonds is 8. The quantitative estimate of drug-likeness (QED) is 0.521. The Morgan fingerprint density at radius 2 is 1.71 bits per heavy atom. The first-order valence-electron chi connectivity index (χ1n) is 8.19. The molecule has 0 fully saturated rings. The highest BCUT2D eigenvalue weighted by molar-refractivity contribution is 7.48. The first-order chi connectivity index (χ1) is 11.7. The predicted molar refractivity (Wildman–Crippen MR) is 102 cm³/mol. The van der Waals surface area contributed by atoms with E-state index in [0.717, 1.165) is 47.1 Å². The van der Waals surface area contributed by atoms with Gasteiger partial charge >= 0.3 is 0 Å². The van der Waals surface area contributed by atoms with E-state index in [1.165, 1.54) is 0 Å². The van der Waals surface area contributed by atoms with Crippen LogP contribution in [0.5, 0.6) is 11.5 Å². The normalized spacial score (nSPS) is 11.7. The number of benzene rings is 2. The number of aldehydes is 1. The van der Waals surface area contributed by atoms with Crippen molar-refractivity contribution in [3.8, 4) is 11.5 Å². The van der Waals surface area contributed by atoms with Crippen molar-refractivity contribution in [1.29, 1.82) is 0 Å². The van der Waals surface area contributed by atoms with Crippen molar-refractivity contribution >= 4 is 20.2 Å². The summed E-state index contributed by atoms with van der Waals surface area (Å²) in [5.41, 5.74) is 1.91. The second-order valence-corrected chi connectivity index (χ2v) is 7.41. The number of carbonyl (C=O) groups is 1. The van der Waals surface area contributed by atoms with E-state index in [-0.39, 0.29) is 5.16 Å². The highest BCUT2D eigenvalue weighted by Gasteiger charge is 2.33. The Morgan fingerprint density at radius 1 is 1.00 bits per heavy atom. The first-order valence-corrected chi connectivity index (χ1v) is 9.19. The lowest BCUT2D eigenvalue weighted by molar-refractivity contribution is 0.112. The van der Waals surface area contributed by atoms with E-state index in [0.29, 0.717) is 8.58 Å². The predicted octanol–water partition coefficient (Wildman–Crippen LogP) is 4.54. The standard InChI is InChI=1S/C20H25O3P/c1-5-20(6-2,24-18-13-8-7-10-15(18)14-21)16-11-9-12-17(22-3)19(16)23-4/h7-14,24H,5-6H2,1-4H3. The minimum Gasteiger partial charge on any atom is -0.493 e. The van der Waals surface area contributed by atoms with Gasteiger partial charge in [0.25, 0.3) is 0 Å². The zero-order valence-corrected chi connectivity index (χ0v) is 15.8. The Kier molecular flexibility index (Phi) is 6.39. The molecule has 0 aliphatic heterocycles. The molecule has 1 atom stereocenters. The summed E-state index contributed by atoms with van der Waals surface area (Å²) in [6.07, 6.45) is 2.86. The summed E-state index contributed by atoms with van der Waals surface area (Å²) in [4.78, 5) is 11.4. The van der Waals surface area contributed by atoms with Crippen LogP contribution in [0.3, 0.4) is 0 Å². The lowest BCUT2D eigenvalue weighted by Crippen LogP contribution is -2.23. The number of carbonyl (C=O) groups excluding carboxylic acids is 1. The summed E-state index contributed by atoms with van der Waals surface area (Å²) in [7, 11) is 3.82. The summed E-state index contributed by atoms with van der Waals surface area (Å²) >= 11 is 0. The number of methoxy groups -OCH3 is 2. The van der Waals surface area contributed by atoms with E-state index in [1.54, 1.807) is 14.2 Å². The summed E-state index contributed by atoms with van der Waals surface area (Å²) < 4.78 is 11.2. The van der Waals surface area contributed by atoms with E-state index in [9.17, 15) is 4.79 Å². The van der Waals surface area contributed by atoms with Gasteiger partial charge in [0.15, 0.2) is 17.8 Å². The molecule has 0 amide bonds. The molecule has 0 bridgehead atoms. The van der Waals surface area contributed by atoms with Gasteiger partial charge in [0.05, 0.1) is 14.2 Å². The van der Waals surface area contributed by atoms with E-state index in [4.69, 9.17) is 9.47 Å². The monoisotopic (exact) mass is 344 g/mol. The minimum atomic E-state index is -0.0843. The van der Waals surface area contributed by atoms with Crippen LogP contribution < -0.4 is 14.8 Å². The maximum atomic E-state index is 11.4. The van der Waals surface area contributed by atoms with Crippen molar-refractivity contribution in [3.63, 3.8) is 0 Å². The largest absolute Gasteiger partial charge is 0.493 e. The SMILES string of the molecule is CCC(CC)(Pc1ccccc1C=O)c1cccc(OC)c1OC. The average molecular weight is 344 g/mol. The first kappa shape index (κ1) is 18.5.